The number of pyridine rings is 1. The molecule has 0 spiro atoms. The van der Waals surface area contributed by atoms with Crippen LogP contribution in [0.1, 0.15) is 11.1 Å². The predicted molar refractivity (Wildman–Crippen MR) is 97.1 cm³/mol. The maximum Gasteiger partial charge on any atom is 0.236 e. The standard InChI is InChI=1S/C22H21N2O3.BrH/c25-21-19-17-8-9-18(27-17)20(19)22(26)24(21)14-16-7-4-11-23(13-16)12-10-15-5-2-1-3-6-15;/h1-9,11,13,17-20H,10,12,14H2;1H/q+1;/p-1/t17-,18+,19-,20+;. The third-order valence-corrected chi connectivity index (χ3v) is 5.76. The molecule has 0 radical (unpaired) electrons. The lowest BCUT2D eigenvalue weighted by atomic mass is 9.85. The van der Waals surface area contributed by atoms with E-state index in [1.165, 1.54) is 10.5 Å². The van der Waals surface area contributed by atoms with Gasteiger partial charge >= 0.3 is 0 Å². The quantitative estimate of drug-likeness (QED) is 0.328. The third-order valence-electron chi connectivity index (χ3n) is 5.76. The number of imide groups is 1. The maximum absolute atomic E-state index is 12.8. The normalized spacial score (nSPS) is 27.2. The Morgan fingerprint density at radius 2 is 1.54 bits per heavy atom. The molecular formula is C22H21BrN2O3. The van der Waals surface area contributed by atoms with Gasteiger partial charge in [0.15, 0.2) is 18.9 Å². The zero-order valence-electron chi connectivity index (χ0n) is 15.3. The number of amides is 2. The first-order chi connectivity index (χ1) is 13.2. The molecule has 2 aromatic rings. The van der Waals surface area contributed by atoms with Gasteiger partial charge in [0.1, 0.15) is 0 Å². The Bertz CT molecular complexity index is 900. The van der Waals surface area contributed by atoms with Gasteiger partial charge in [-0.15, -0.1) is 0 Å². The molecule has 0 saturated carbocycles. The lowest BCUT2D eigenvalue weighted by Crippen LogP contribution is -3.00. The van der Waals surface area contributed by atoms with E-state index in [9.17, 15) is 9.59 Å². The van der Waals surface area contributed by atoms with Crippen LogP contribution in [0.15, 0.2) is 67.0 Å². The summed E-state index contributed by atoms with van der Waals surface area (Å²) in [5, 5.41) is 0. The van der Waals surface area contributed by atoms with Gasteiger partial charge in [0.05, 0.1) is 30.6 Å². The number of nitrogens with zero attached hydrogens (tertiary/aromatic N) is 2. The first-order valence-corrected chi connectivity index (χ1v) is 9.41. The molecule has 0 N–H and O–H groups in total. The van der Waals surface area contributed by atoms with Gasteiger partial charge in [-0.05, 0) is 11.6 Å². The number of carbonyl (C=O) groups is 2. The topological polar surface area (TPSA) is 50.5 Å². The van der Waals surface area contributed by atoms with E-state index in [0.29, 0.717) is 6.54 Å². The first-order valence-electron chi connectivity index (χ1n) is 9.41. The Kier molecular flexibility index (Phi) is 5.17. The fraction of sp³-hybridized carbons (Fsp3) is 0.318. The van der Waals surface area contributed by atoms with Crippen molar-refractivity contribution in [2.24, 2.45) is 11.8 Å². The van der Waals surface area contributed by atoms with Crippen LogP contribution in [0.25, 0.3) is 0 Å². The van der Waals surface area contributed by atoms with Gasteiger partial charge in [0.25, 0.3) is 0 Å². The molecule has 2 fully saturated rings. The minimum atomic E-state index is -0.332. The molecule has 2 saturated heterocycles. The molecule has 5 rings (SSSR count). The Balaban J connectivity index is 0.00000192. The summed E-state index contributed by atoms with van der Waals surface area (Å²) in [5.74, 6) is -0.856. The molecule has 6 heteroatoms. The van der Waals surface area contributed by atoms with E-state index in [2.05, 4.69) is 16.7 Å². The van der Waals surface area contributed by atoms with Gasteiger partial charge in [-0.1, -0.05) is 42.5 Å². The van der Waals surface area contributed by atoms with Crippen molar-refractivity contribution in [2.75, 3.05) is 0 Å². The highest BCUT2D eigenvalue weighted by Gasteiger charge is 2.60. The van der Waals surface area contributed by atoms with E-state index >= 15 is 0 Å². The van der Waals surface area contributed by atoms with Crippen molar-refractivity contribution in [3.8, 4) is 0 Å². The number of hydrogen-bond acceptors (Lipinski definition) is 3. The molecule has 2 bridgehead atoms. The highest BCUT2D eigenvalue weighted by Crippen LogP contribution is 2.45. The van der Waals surface area contributed by atoms with Crippen molar-refractivity contribution < 1.29 is 35.9 Å². The summed E-state index contributed by atoms with van der Waals surface area (Å²) in [6.07, 6.45) is 8.36. The number of aromatic nitrogens is 1. The van der Waals surface area contributed by atoms with Crippen LogP contribution in [0.3, 0.4) is 0 Å². The Hall–Kier alpha value is -2.31. The number of aryl methyl sites for hydroxylation is 2. The molecule has 144 valence electrons. The van der Waals surface area contributed by atoms with Gasteiger partial charge in [-0.3, -0.25) is 14.5 Å². The highest BCUT2D eigenvalue weighted by atomic mass is 79.9. The first kappa shape index (κ1) is 19.0. The van der Waals surface area contributed by atoms with Crippen molar-refractivity contribution in [3.05, 3.63) is 78.1 Å². The van der Waals surface area contributed by atoms with Crippen molar-refractivity contribution >= 4 is 11.8 Å². The molecule has 2 amide bonds. The summed E-state index contributed by atoms with van der Waals surface area (Å²) in [7, 11) is 0. The van der Waals surface area contributed by atoms with Gasteiger partial charge in [0, 0.05) is 18.1 Å². The summed E-state index contributed by atoms with van der Waals surface area (Å²) < 4.78 is 7.80. The minimum Gasteiger partial charge on any atom is -1.00 e. The van der Waals surface area contributed by atoms with E-state index in [0.717, 1.165) is 18.5 Å². The molecule has 1 aromatic carbocycles. The molecule has 1 aromatic heterocycles. The van der Waals surface area contributed by atoms with Crippen molar-refractivity contribution in [2.45, 2.75) is 31.7 Å². The monoisotopic (exact) mass is 440 g/mol. The summed E-state index contributed by atoms with van der Waals surface area (Å²) in [5.41, 5.74) is 2.25. The number of benzene rings is 1. The van der Waals surface area contributed by atoms with Crippen LogP contribution in [-0.2, 0) is 33.8 Å². The summed E-state index contributed by atoms with van der Waals surface area (Å²) in [4.78, 5) is 27.0. The summed E-state index contributed by atoms with van der Waals surface area (Å²) in [6.45, 7) is 1.18. The SMILES string of the molecule is O=C1[C@@H]2[C@H](C(=O)N1Cc1ccc[n+](CCc3ccccc3)c1)[C@H]1C=C[C@@H]2O1.[Br-]. The van der Waals surface area contributed by atoms with E-state index in [-0.39, 0.29) is 52.8 Å². The number of hydrogen-bond donors (Lipinski definition) is 0. The average molecular weight is 441 g/mol. The molecule has 0 unspecified atom stereocenters. The molecule has 4 heterocycles. The number of ether oxygens (including phenoxy) is 1. The van der Waals surface area contributed by atoms with Crippen LogP contribution in [-0.4, -0.2) is 28.9 Å². The van der Waals surface area contributed by atoms with Crippen molar-refractivity contribution in [3.63, 3.8) is 0 Å². The fourth-order valence-electron chi connectivity index (χ4n) is 4.42. The molecular weight excluding hydrogens is 420 g/mol. The number of halogens is 1. The highest BCUT2D eigenvalue weighted by molar-refractivity contribution is 6.06. The predicted octanol–water partition coefficient (Wildman–Crippen LogP) is -1.34. The maximum atomic E-state index is 12.8. The average Bonchev–Trinajstić information content (AvgIpc) is 3.38. The number of fused-ring (bicyclic) bond motifs is 5. The van der Waals surface area contributed by atoms with Crippen LogP contribution in [0, 0.1) is 11.8 Å². The van der Waals surface area contributed by atoms with E-state index in [4.69, 9.17) is 4.74 Å². The lowest BCUT2D eigenvalue weighted by Gasteiger charge is -2.17. The van der Waals surface area contributed by atoms with E-state index in [1.807, 2.05) is 54.9 Å². The van der Waals surface area contributed by atoms with Gasteiger partial charge < -0.3 is 21.7 Å². The second-order valence-electron chi connectivity index (χ2n) is 7.45. The Morgan fingerprint density at radius 1 is 0.893 bits per heavy atom. The molecule has 4 atom stereocenters. The number of rotatable bonds is 5. The number of likely N-dealkylation sites (tertiary alicyclic amines) is 1. The van der Waals surface area contributed by atoms with Crippen molar-refractivity contribution in [1.29, 1.82) is 0 Å². The molecule has 5 nitrogen and oxygen atoms in total. The van der Waals surface area contributed by atoms with E-state index < -0.39 is 0 Å². The Labute approximate surface area is 174 Å². The van der Waals surface area contributed by atoms with Crippen LogP contribution >= 0.6 is 0 Å². The van der Waals surface area contributed by atoms with Crippen molar-refractivity contribution in [1.82, 2.24) is 4.90 Å². The van der Waals surface area contributed by atoms with Crippen LogP contribution in [0.5, 0.6) is 0 Å². The van der Waals surface area contributed by atoms with E-state index in [1.54, 1.807) is 0 Å². The van der Waals surface area contributed by atoms with Gasteiger partial charge in [0.2, 0.25) is 11.8 Å². The zero-order chi connectivity index (χ0) is 18.4. The Morgan fingerprint density at radius 3 is 2.21 bits per heavy atom. The smallest absolute Gasteiger partial charge is 0.236 e. The molecule has 0 aliphatic carbocycles. The summed E-state index contributed by atoms with van der Waals surface area (Å²) in [6, 6.07) is 14.3. The second-order valence-corrected chi connectivity index (χ2v) is 7.45. The van der Waals surface area contributed by atoms with Crippen LogP contribution < -0.4 is 21.5 Å². The number of carbonyl (C=O) groups excluding carboxylic acids is 2. The summed E-state index contributed by atoms with van der Waals surface area (Å²) >= 11 is 0. The largest absolute Gasteiger partial charge is 1.00 e. The zero-order valence-corrected chi connectivity index (χ0v) is 16.9. The third kappa shape index (κ3) is 3.20. The molecule has 28 heavy (non-hydrogen) atoms. The fourth-order valence-corrected chi connectivity index (χ4v) is 4.42. The van der Waals surface area contributed by atoms with Crippen LogP contribution in [0.2, 0.25) is 0 Å². The minimum absolute atomic E-state index is 0. The molecule has 3 aliphatic rings. The lowest BCUT2D eigenvalue weighted by molar-refractivity contribution is -0.696. The molecule has 3 aliphatic heterocycles. The van der Waals surface area contributed by atoms with Gasteiger partial charge in [-0.25, -0.2) is 4.57 Å². The van der Waals surface area contributed by atoms with Crippen LogP contribution in [0.4, 0.5) is 0 Å². The second kappa shape index (κ2) is 7.60. The van der Waals surface area contributed by atoms with Gasteiger partial charge in [-0.2, -0.15) is 0 Å².